The average Bonchev–Trinajstić information content (AvgIpc) is 2.33. The Kier molecular flexibility index (Phi) is 6.43. The minimum atomic E-state index is -0.161. The summed E-state index contributed by atoms with van der Waals surface area (Å²) in [5.41, 5.74) is 0.797. The molecule has 0 atom stereocenters. The molecule has 0 fully saturated rings. The van der Waals surface area contributed by atoms with Crippen LogP contribution < -0.4 is 9.47 Å². The van der Waals surface area contributed by atoms with Crippen LogP contribution in [0, 0.1) is 0 Å². The molecular formula is C14H20BrClO3. The lowest BCUT2D eigenvalue weighted by Crippen LogP contribution is -2.22. The van der Waals surface area contributed by atoms with Crippen LogP contribution in [0.1, 0.15) is 26.3 Å². The molecule has 0 bridgehead atoms. The highest BCUT2D eigenvalue weighted by atomic mass is 79.9. The predicted molar refractivity (Wildman–Crippen MR) is 81.8 cm³/mol. The van der Waals surface area contributed by atoms with Gasteiger partial charge in [-0.15, -0.1) is 0 Å². The van der Waals surface area contributed by atoms with Gasteiger partial charge in [0.15, 0.2) is 11.5 Å². The van der Waals surface area contributed by atoms with Gasteiger partial charge in [0.1, 0.15) is 6.61 Å². The molecule has 108 valence electrons. The lowest BCUT2D eigenvalue weighted by atomic mass is 10.2. The van der Waals surface area contributed by atoms with Gasteiger partial charge >= 0.3 is 0 Å². The number of hydrogen-bond acceptors (Lipinski definition) is 3. The van der Waals surface area contributed by atoms with Crippen LogP contribution in [0.4, 0.5) is 0 Å². The monoisotopic (exact) mass is 350 g/mol. The van der Waals surface area contributed by atoms with E-state index < -0.39 is 0 Å². The minimum Gasteiger partial charge on any atom is -0.493 e. The van der Waals surface area contributed by atoms with Gasteiger partial charge in [0.25, 0.3) is 0 Å². The third-order valence-corrected chi connectivity index (χ3v) is 3.15. The highest BCUT2D eigenvalue weighted by Crippen LogP contribution is 2.35. The molecule has 0 radical (unpaired) electrons. The van der Waals surface area contributed by atoms with Crippen LogP contribution in [-0.4, -0.2) is 25.9 Å². The van der Waals surface area contributed by atoms with Crippen molar-refractivity contribution in [3.63, 3.8) is 0 Å². The zero-order valence-corrected chi connectivity index (χ0v) is 14.1. The number of rotatable bonds is 6. The Morgan fingerprint density at radius 1 is 1.21 bits per heavy atom. The van der Waals surface area contributed by atoms with Gasteiger partial charge in [-0.2, -0.15) is 0 Å². The molecule has 0 spiro atoms. The summed E-state index contributed by atoms with van der Waals surface area (Å²) < 4.78 is 16.7. The first-order valence-corrected chi connectivity index (χ1v) is 7.56. The van der Waals surface area contributed by atoms with E-state index in [4.69, 9.17) is 25.8 Å². The highest BCUT2D eigenvalue weighted by Gasteiger charge is 2.13. The lowest BCUT2D eigenvalue weighted by molar-refractivity contribution is -0.0165. The second-order valence-electron chi connectivity index (χ2n) is 5.04. The maximum Gasteiger partial charge on any atom is 0.165 e. The van der Waals surface area contributed by atoms with Gasteiger partial charge in [0.05, 0.1) is 19.3 Å². The van der Waals surface area contributed by atoms with E-state index in [2.05, 4.69) is 15.9 Å². The Balaban J connectivity index is 2.71. The Morgan fingerprint density at radius 3 is 2.42 bits per heavy atom. The number of halogens is 2. The fourth-order valence-electron chi connectivity index (χ4n) is 1.53. The zero-order chi connectivity index (χ0) is 14.5. The fraction of sp³-hybridized carbons (Fsp3) is 0.571. The molecule has 0 aliphatic rings. The molecule has 0 saturated carbocycles. The van der Waals surface area contributed by atoms with Crippen LogP contribution in [-0.2, 0) is 10.1 Å². The van der Waals surface area contributed by atoms with E-state index in [9.17, 15) is 0 Å². The molecule has 0 aliphatic carbocycles. The van der Waals surface area contributed by atoms with Gasteiger partial charge in [0.2, 0.25) is 0 Å². The summed E-state index contributed by atoms with van der Waals surface area (Å²) in [5, 5.41) is 1.28. The summed E-state index contributed by atoms with van der Waals surface area (Å²) in [6, 6.07) is 3.60. The Hall–Kier alpha value is -0.450. The van der Waals surface area contributed by atoms with E-state index in [1.807, 2.05) is 26.8 Å². The van der Waals surface area contributed by atoms with Crippen molar-refractivity contribution in [2.24, 2.45) is 0 Å². The summed E-state index contributed by atoms with van der Waals surface area (Å²) in [5.74, 6) is 1.35. The molecule has 0 aliphatic heterocycles. The molecule has 19 heavy (non-hydrogen) atoms. The molecule has 0 amide bonds. The average molecular weight is 352 g/mol. The Bertz CT molecular complexity index is 391. The van der Waals surface area contributed by atoms with Crippen molar-refractivity contribution in [2.45, 2.75) is 31.7 Å². The van der Waals surface area contributed by atoms with E-state index in [0.29, 0.717) is 35.1 Å². The van der Waals surface area contributed by atoms with Crippen LogP contribution in [0.5, 0.6) is 11.5 Å². The number of methoxy groups -OCH3 is 1. The van der Waals surface area contributed by atoms with Gasteiger partial charge in [-0.3, -0.25) is 0 Å². The third-order valence-electron chi connectivity index (χ3n) is 2.33. The van der Waals surface area contributed by atoms with Crippen molar-refractivity contribution >= 4 is 27.5 Å². The number of alkyl halides is 1. The molecule has 1 aromatic carbocycles. The second-order valence-corrected chi connectivity index (χ2v) is 6.04. The first kappa shape index (κ1) is 16.6. The molecule has 0 N–H and O–H groups in total. The van der Waals surface area contributed by atoms with Gasteiger partial charge in [-0.05, 0) is 26.8 Å². The van der Waals surface area contributed by atoms with Crippen molar-refractivity contribution in [1.29, 1.82) is 0 Å². The predicted octanol–water partition coefficient (Wildman–Crippen LogP) is 4.44. The standard InChI is InChI=1S/C14H20BrClO3/c1-14(2,3)19-6-5-18-13-10(9-15)7-11(16)8-12(13)17-4/h7-8H,5-6,9H2,1-4H3. The molecule has 1 rings (SSSR count). The van der Waals surface area contributed by atoms with Gasteiger partial charge in [0, 0.05) is 22.0 Å². The number of hydrogen-bond donors (Lipinski definition) is 0. The quantitative estimate of drug-likeness (QED) is 0.560. The molecule has 5 heteroatoms. The van der Waals surface area contributed by atoms with Crippen LogP contribution in [0.3, 0.4) is 0 Å². The number of benzene rings is 1. The van der Waals surface area contributed by atoms with Crippen molar-refractivity contribution in [1.82, 2.24) is 0 Å². The number of ether oxygens (including phenoxy) is 3. The first-order chi connectivity index (χ1) is 8.87. The third kappa shape index (κ3) is 5.59. The van der Waals surface area contributed by atoms with E-state index in [1.54, 1.807) is 13.2 Å². The Labute approximate surface area is 128 Å². The van der Waals surface area contributed by atoms with Gasteiger partial charge in [-0.1, -0.05) is 27.5 Å². The van der Waals surface area contributed by atoms with Crippen LogP contribution >= 0.6 is 27.5 Å². The summed E-state index contributed by atoms with van der Waals surface area (Å²) in [6.07, 6.45) is 0. The van der Waals surface area contributed by atoms with E-state index in [1.165, 1.54) is 0 Å². The lowest BCUT2D eigenvalue weighted by Gasteiger charge is -2.20. The van der Waals surface area contributed by atoms with Crippen molar-refractivity contribution in [2.75, 3.05) is 20.3 Å². The second kappa shape index (κ2) is 7.36. The van der Waals surface area contributed by atoms with Crippen LogP contribution in [0.15, 0.2) is 12.1 Å². The van der Waals surface area contributed by atoms with E-state index in [0.717, 1.165) is 5.56 Å². The summed E-state index contributed by atoms with van der Waals surface area (Å²) in [6.45, 7) is 7.03. The SMILES string of the molecule is COc1cc(Cl)cc(CBr)c1OCCOC(C)(C)C. The first-order valence-electron chi connectivity index (χ1n) is 6.06. The minimum absolute atomic E-state index is 0.161. The Morgan fingerprint density at radius 2 is 1.89 bits per heavy atom. The maximum atomic E-state index is 6.02. The summed E-state index contributed by atoms with van der Waals surface area (Å²) in [7, 11) is 1.60. The summed E-state index contributed by atoms with van der Waals surface area (Å²) in [4.78, 5) is 0. The molecular weight excluding hydrogens is 332 g/mol. The van der Waals surface area contributed by atoms with Crippen molar-refractivity contribution in [3.05, 3.63) is 22.7 Å². The molecule has 0 saturated heterocycles. The summed E-state index contributed by atoms with van der Waals surface area (Å²) >= 11 is 9.44. The van der Waals surface area contributed by atoms with Crippen LogP contribution in [0.25, 0.3) is 0 Å². The molecule has 0 heterocycles. The molecule has 3 nitrogen and oxygen atoms in total. The molecule has 1 aromatic rings. The smallest absolute Gasteiger partial charge is 0.165 e. The fourth-order valence-corrected chi connectivity index (χ4v) is 2.18. The van der Waals surface area contributed by atoms with Gasteiger partial charge in [-0.25, -0.2) is 0 Å². The van der Waals surface area contributed by atoms with Crippen molar-refractivity contribution < 1.29 is 14.2 Å². The normalized spacial score (nSPS) is 11.5. The van der Waals surface area contributed by atoms with Crippen LogP contribution in [0.2, 0.25) is 5.02 Å². The highest BCUT2D eigenvalue weighted by molar-refractivity contribution is 9.08. The van der Waals surface area contributed by atoms with E-state index in [-0.39, 0.29) is 5.60 Å². The molecule has 0 unspecified atom stereocenters. The van der Waals surface area contributed by atoms with Crippen molar-refractivity contribution in [3.8, 4) is 11.5 Å². The zero-order valence-electron chi connectivity index (χ0n) is 11.8. The van der Waals surface area contributed by atoms with E-state index >= 15 is 0 Å². The largest absolute Gasteiger partial charge is 0.493 e. The topological polar surface area (TPSA) is 27.7 Å². The maximum absolute atomic E-state index is 6.02. The van der Waals surface area contributed by atoms with Gasteiger partial charge < -0.3 is 14.2 Å². The molecule has 0 aromatic heterocycles.